The van der Waals surface area contributed by atoms with Crippen LogP contribution in [0.5, 0.6) is 0 Å². The molecule has 0 aromatic heterocycles. The molecule has 1 aromatic rings. The van der Waals surface area contributed by atoms with Gasteiger partial charge in [0.05, 0.1) is 10.7 Å². The maximum absolute atomic E-state index is 11.6. The van der Waals surface area contributed by atoms with Crippen LogP contribution in [0.25, 0.3) is 0 Å². The van der Waals surface area contributed by atoms with Gasteiger partial charge in [0.1, 0.15) is 11.9 Å². The quantitative estimate of drug-likeness (QED) is 0.853. The summed E-state index contributed by atoms with van der Waals surface area (Å²) in [6.07, 6.45) is 0.276. The molecule has 0 aliphatic carbocycles. The van der Waals surface area contributed by atoms with E-state index in [0.29, 0.717) is 10.7 Å². The van der Waals surface area contributed by atoms with E-state index in [-0.39, 0.29) is 5.92 Å². The number of rotatable bonds is 3. The van der Waals surface area contributed by atoms with Crippen molar-refractivity contribution in [2.75, 3.05) is 5.32 Å². The van der Waals surface area contributed by atoms with Crippen LogP contribution < -0.4 is 5.32 Å². The Kier molecular flexibility index (Phi) is 4.95. The van der Waals surface area contributed by atoms with Gasteiger partial charge in [-0.3, -0.25) is 5.32 Å². The first kappa shape index (κ1) is 15.5. The molecule has 1 aromatic carbocycles. The molecule has 104 valence electrons. The Balaban J connectivity index is 2.81. The Hall–Kier alpha value is -1.55. The van der Waals surface area contributed by atoms with Gasteiger partial charge >= 0.3 is 6.09 Å². The van der Waals surface area contributed by atoms with Crippen molar-refractivity contribution >= 4 is 29.7 Å². The number of nitrogens with one attached hydrogen (secondary N) is 1. The molecule has 1 atom stereocenters. The van der Waals surface area contributed by atoms with E-state index in [1.54, 1.807) is 45.9 Å². The van der Waals surface area contributed by atoms with Crippen LogP contribution in [-0.4, -0.2) is 18.0 Å². The van der Waals surface area contributed by atoms with Gasteiger partial charge in [0.15, 0.2) is 0 Å². The lowest BCUT2D eigenvalue weighted by Gasteiger charge is -2.20. The van der Waals surface area contributed by atoms with Gasteiger partial charge in [0, 0.05) is 5.92 Å². The molecule has 1 rings (SSSR count). The van der Waals surface area contributed by atoms with E-state index in [2.05, 4.69) is 5.32 Å². The number of benzene rings is 1. The van der Waals surface area contributed by atoms with Crippen LogP contribution in [0.1, 0.15) is 39.2 Å². The Morgan fingerprint density at radius 3 is 2.53 bits per heavy atom. The maximum Gasteiger partial charge on any atom is 0.412 e. The van der Waals surface area contributed by atoms with E-state index < -0.39 is 11.7 Å². The highest BCUT2D eigenvalue weighted by Crippen LogP contribution is 2.26. The minimum absolute atomic E-state index is 0.229. The van der Waals surface area contributed by atoms with Crippen LogP contribution in [0.4, 0.5) is 10.5 Å². The lowest BCUT2D eigenvalue weighted by Crippen LogP contribution is -2.27. The third-order valence-corrected chi connectivity index (χ3v) is 2.67. The van der Waals surface area contributed by atoms with Crippen LogP contribution in [0.3, 0.4) is 0 Å². The van der Waals surface area contributed by atoms with Crippen LogP contribution >= 0.6 is 11.6 Å². The molecule has 4 nitrogen and oxygen atoms in total. The molecule has 0 saturated carbocycles. The zero-order chi connectivity index (χ0) is 14.6. The van der Waals surface area contributed by atoms with Gasteiger partial charge in [-0.05, 0) is 38.5 Å². The van der Waals surface area contributed by atoms with Gasteiger partial charge < -0.3 is 9.53 Å². The molecule has 1 unspecified atom stereocenters. The van der Waals surface area contributed by atoms with Crippen molar-refractivity contribution in [3.63, 3.8) is 0 Å². The number of carbonyl (C=O) groups is 2. The summed E-state index contributed by atoms with van der Waals surface area (Å²) in [5.74, 6) is -0.229. The minimum Gasteiger partial charge on any atom is -0.444 e. The van der Waals surface area contributed by atoms with Crippen molar-refractivity contribution in [3.05, 3.63) is 28.8 Å². The second-order valence-corrected chi connectivity index (χ2v) is 5.70. The molecule has 0 spiro atoms. The highest BCUT2D eigenvalue weighted by Gasteiger charge is 2.17. The van der Waals surface area contributed by atoms with Crippen molar-refractivity contribution in [2.45, 2.75) is 39.2 Å². The van der Waals surface area contributed by atoms with Crippen molar-refractivity contribution < 1.29 is 14.3 Å². The predicted molar refractivity (Wildman–Crippen MR) is 75.8 cm³/mol. The lowest BCUT2D eigenvalue weighted by molar-refractivity contribution is -0.108. The number of halogens is 1. The van der Waals surface area contributed by atoms with E-state index in [9.17, 15) is 9.59 Å². The van der Waals surface area contributed by atoms with Crippen LogP contribution in [0.2, 0.25) is 5.02 Å². The van der Waals surface area contributed by atoms with Crippen LogP contribution in [0, 0.1) is 0 Å². The van der Waals surface area contributed by atoms with Crippen molar-refractivity contribution in [1.29, 1.82) is 0 Å². The molecule has 0 radical (unpaired) electrons. The summed E-state index contributed by atoms with van der Waals surface area (Å²) in [7, 11) is 0. The predicted octanol–water partition coefficient (Wildman–Crippen LogP) is 3.99. The summed E-state index contributed by atoms with van der Waals surface area (Å²) in [5, 5.41) is 2.94. The topological polar surface area (TPSA) is 55.4 Å². The fourth-order valence-corrected chi connectivity index (χ4v) is 1.64. The Labute approximate surface area is 118 Å². The number of amides is 1. The molecule has 0 heterocycles. The average Bonchev–Trinajstić information content (AvgIpc) is 2.28. The zero-order valence-electron chi connectivity index (χ0n) is 11.5. The first-order valence-electron chi connectivity index (χ1n) is 5.97. The second-order valence-electron chi connectivity index (χ2n) is 5.29. The SMILES string of the molecule is CC(C=O)c1ccc(NC(=O)OC(C)(C)C)c(Cl)c1. The van der Waals surface area contributed by atoms with E-state index in [1.807, 2.05) is 0 Å². The Bertz CT molecular complexity index is 480. The number of ether oxygens (including phenoxy) is 1. The van der Waals surface area contributed by atoms with Crippen molar-refractivity contribution in [2.24, 2.45) is 0 Å². The summed E-state index contributed by atoms with van der Waals surface area (Å²) < 4.78 is 5.13. The highest BCUT2D eigenvalue weighted by molar-refractivity contribution is 6.33. The third-order valence-electron chi connectivity index (χ3n) is 2.36. The minimum atomic E-state index is -0.567. The van der Waals surface area contributed by atoms with E-state index in [1.165, 1.54) is 0 Å². The molecule has 0 bridgehead atoms. The summed E-state index contributed by atoms with van der Waals surface area (Å²) >= 11 is 6.06. The number of aldehydes is 1. The molecule has 5 heteroatoms. The summed E-state index contributed by atoms with van der Waals surface area (Å²) in [6, 6.07) is 5.06. The first-order valence-corrected chi connectivity index (χ1v) is 6.35. The molecule has 19 heavy (non-hydrogen) atoms. The number of carbonyl (C=O) groups excluding carboxylic acids is 2. The van der Waals surface area contributed by atoms with E-state index >= 15 is 0 Å². The summed E-state index contributed by atoms with van der Waals surface area (Å²) in [5.41, 5.74) is 0.690. The van der Waals surface area contributed by atoms with Crippen molar-refractivity contribution in [3.8, 4) is 0 Å². The van der Waals surface area contributed by atoms with Gasteiger partial charge in [-0.1, -0.05) is 24.6 Å². The smallest absolute Gasteiger partial charge is 0.412 e. The van der Waals surface area contributed by atoms with Crippen molar-refractivity contribution in [1.82, 2.24) is 0 Å². The number of anilines is 1. The van der Waals surface area contributed by atoms with E-state index in [0.717, 1.165) is 11.8 Å². The molecule has 0 aliphatic rings. The number of hydrogen-bond donors (Lipinski definition) is 1. The third kappa shape index (κ3) is 4.91. The monoisotopic (exact) mass is 283 g/mol. The highest BCUT2D eigenvalue weighted by atomic mass is 35.5. The fourth-order valence-electron chi connectivity index (χ4n) is 1.41. The first-order chi connectivity index (χ1) is 8.73. The zero-order valence-corrected chi connectivity index (χ0v) is 12.2. The lowest BCUT2D eigenvalue weighted by atomic mass is 10.0. The fraction of sp³-hybridized carbons (Fsp3) is 0.429. The van der Waals surface area contributed by atoms with Gasteiger partial charge in [-0.15, -0.1) is 0 Å². The molecule has 0 aliphatic heterocycles. The van der Waals surface area contributed by atoms with Gasteiger partial charge in [-0.25, -0.2) is 4.79 Å². The second kappa shape index (κ2) is 6.06. The van der Waals surface area contributed by atoms with Gasteiger partial charge in [-0.2, -0.15) is 0 Å². The van der Waals surface area contributed by atoms with Gasteiger partial charge in [0.25, 0.3) is 0 Å². The summed E-state index contributed by atoms with van der Waals surface area (Å²) in [4.78, 5) is 22.3. The Morgan fingerprint density at radius 1 is 1.42 bits per heavy atom. The normalized spacial score (nSPS) is 12.7. The molecular formula is C14H18ClNO3. The Morgan fingerprint density at radius 2 is 2.05 bits per heavy atom. The summed E-state index contributed by atoms with van der Waals surface area (Å²) in [6.45, 7) is 7.12. The largest absolute Gasteiger partial charge is 0.444 e. The molecule has 1 N–H and O–H groups in total. The maximum atomic E-state index is 11.6. The van der Waals surface area contributed by atoms with Crippen LogP contribution in [0.15, 0.2) is 18.2 Å². The van der Waals surface area contributed by atoms with Gasteiger partial charge in [0.2, 0.25) is 0 Å². The molecule has 0 saturated heterocycles. The van der Waals surface area contributed by atoms with E-state index in [4.69, 9.17) is 16.3 Å². The standard InChI is InChI=1S/C14H18ClNO3/c1-9(8-17)10-5-6-12(11(15)7-10)16-13(18)19-14(2,3)4/h5-9H,1-4H3,(H,16,18). The molecule has 1 amide bonds. The molecular weight excluding hydrogens is 266 g/mol. The molecule has 0 fully saturated rings. The van der Waals surface area contributed by atoms with Crippen LogP contribution in [-0.2, 0) is 9.53 Å². The average molecular weight is 284 g/mol. The number of hydrogen-bond acceptors (Lipinski definition) is 3.